The summed E-state index contributed by atoms with van der Waals surface area (Å²) in [5, 5.41) is 14.9. The first kappa shape index (κ1) is 12.1. The molecule has 1 amide bonds. The number of carbonyl (C=O) groups excluding carboxylic acids is 1. The van der Waals surface area contributed by atoms with Crippen LogP contribution in [0.25, 0.3) is 0 Å². The molecular weight excluding hydrogens is 220 g/mol. The Morgan fingerprint density at radius 3 is 2.53 bits per heavy atom. The van der Waals surface area contributed by atoms with Gasteiger partial charge in [-0.15, -0.1) is 0 Å². The van der Waals surface area contributed by atoms with E-state index in [1.165, 1.54) is 0 Å². The monoisotopic (exact) mass is 238 g/mol. The molecule has 5 heteroatoms. The number of carbonyl (C=O) groups is 2. The number of amides is 1. The first-order chi connectivity index (χ1) is 8.08. The quantitative estimate of drug-likeness (QED) is 0.617. The van der Waals surface area contributed by atoms with Gasteiger partial charge in [0.2, 0.25) is 5.91 Å². The van der Waals surface area contributed by atoms with E-state index < -0.39 is 5.97 Å². The fourth-order valence-electron chi connectivity index (χ4n) is 2.31. The van der Waals surface area contributed by atoms with E-state index >= 15 is 0 Å². The van der Waals surface area contributed by atoms with Crippen molar-refractivity contribution in [1.82, 2.24) is 10.6 Å². The molecule has 1 saturated heterocycles. The van der Waals surface area contributed by atoms with Crippen molar-refractivity contribution < 1.29 is 14.7 Å². The van der Waals surface area contributed by atoms with Gasteiger partial charge in [0.25, 0.3) is 0 Å². The molecule has 2 unspecified atom stereocenters. The molecule has 0 bridgehead atoms. The number of hydrogen-bond donors (Lipinski definition) is 3. The van der Waals surface area contributed by atoms with Crippen molar-refractivity contribution in [2.75, 3.05) is 13.1 Å². The average molecular weight is 238 g/mol. The highest BCUT2D eigenvalue weighted by molar-refractivity contribution is 5.94. The third kappa shape index (κ3) is 2.66. The number of rotatable bonds is 3. The van der Waals surface area contributed by atoms with Gasteiger partial charge in [-0.25, -0.2) is 0 Å². The van der Waals surface area contributed by atoms with Crippen molar-refractivity contribution in [2.24, 2.45) is 5.92 Å². The summed E-state index contributed by atoms with van der Waals surface area (Å²) in [4.78, 5) is 22.7. The number of carboxylic acids is 1. The molecule has 2 fully saturated rings. The molecule has 5 nitrogen and oxygen atoms in total. The lowest BCUT2D eigenvalue weighted by Crippen LogP contribution is -2.39. The highest BCUT2D eigenvalue weighted by Crippen LogP contribution is 2.26. The molecule has 0 spiro atoms. The zero-order chi connectivity index (χ0) is 12.4. The second-order valence-electron chi connectivity index (χ2n) is 4.85. The first-order valence-electron chi connectivity index (χ1n) is 6.01. The lowest BCUT2D eigenvalue weighted by Gasteiger charge is -2.22. The molecule has 0 aromatic carbocycles. The van der Waals surface area contributed by atoms with Crippen LogP contribution < -0.4 is 10.6 Å². The Labute approximate surface area is 100 Å². The minimum atomic E-state index is -0.750. The van der Waals surface area contributed by atoms with Crippen LogP contribution in [-0.2, 0) is 9.59 Å². The summed E-state index contributed by atoms with van der Waals surface area (Å²) in [7, 11) is 0. The molecule has 0 aromatic rings. The number of carboxylic acid groups (broad SMARTS) is 1. The molecule has 17 heavy (non-hydrogen) atoms. The number of aliphatic carboxylic acids is 1. The van der Waals surface area contributed by atoms with E-state index in [1.807, 2.05) is 6.92 Å². The maximum absolute atomic E-state index is 11.9. The molecule has 1 aliphatic carbocycles. The first-order valence-corrected chi connectivity index (χ1v) is 6.01. The van der Waals surface area contributed by atoms with Crippen LogP contribution in [0.3, 0.4) is 0 Å². The number of nitrogens with one attached hydrogen (secondary N) is 2. The lowest BCUT2D eigenvalue weighted by atomic mass is 10.0. The Hall–Kier alpha value is -1.36. The van der Waals surface area contributed by atoms with Gasteiger partial charge >= 0.3 is 5.97 Å². The van der Waals surface area contributed by atoms with E-state index in [1.54, 1.807) is 0 Å². The van der Waals surface area contributed by atoms with Crippen LogP contribution in [0.1, 0.15) is 26.2 Å². The summed E-state index contributed by atoms with van der Waals surface area (Å²) in [6, 6.07) is 0.0205. The van der Waals surface area contributed by atoms with Gasteiger partial charge in [-0.1, -0.05) is 0 Å². The molecule has 2 aliphatic rings. The second-order valence-corrected chi connectivity index (χ2v) is 4.85. The summed E-state index contributed by atoms with van der Waals surface area (Å²) in [6.45, 7) is 3.42. The molecule has 2 atom stereocenters. The molecule has 94 valence electrons. The highest BCUT2D eigenvalue weighted by atomic mass is 16.4. The summed E-state index contributed by atoms with van der Waals surface area (Å²) in [5.41, 5.74) is 1.93. The fraction of sp³-hybridized carbons (Fsp3) is 0.667. The third-order valence-electron chi connectivity index (χ3n) is 3.66. The van der Waals surface area contributed by atoms with Crippen molar-refractivity contribution in [3.63, 3.8) is 0 Å². The lowest BCUT2D eigenvalue weighted by molar-refractivity contribution is -0.141. The number of hydrogen-bond acceptors (Lipinski definition) is 3. The minimum Gasteiger partial charge on any atom is -0.481 e. The Morgan fingerprint density at radius 1 is 1.35 bits per heavy atom. The SMILES string of the molecule is CC(C(=O)NC1CCC(C(=O)O)C1)=C1CNC1. The van der Waals surface area contributed by atoms with Crippen LogP contribution in [0.5, 0.6) is 0 Å². The molecular formula is C12H18N2O3. The van der Waals surface area contributed by atoms with E-state index in [0.717, 1.165) is 30.7 Å². The van der Waals surface area contributed by atoms with Gasteiger partial charge in [-0.05, 0) is 31.8 Å². The van der Waals surface area contributed by atoms with Crippen molar-refractivity contribution >= 4 is 11.9 Å². The van der Waals surface area contributed by atoms with E-state index in [4.69, 9.17) is 5.11 Å². The van der Waals surface area contributed by atoms with Gasteiger partial charge < -0.3 is 15.7 Å². The summed E-state index contributed by atoms with van der Waals surface area (Å²) in [5.74, 6) is -1.09. The predicted octanol–water partition coefficient (Wildman–Crippen LogP) is 0.276. The third-order valence-corrected chi connectivity index (χ3v) is 3.66. The zero-order valence-electron chi connectivity index (χ0n) is 9.95. The van der Waals surface area contributed by atoms with Crippen LogP contribution in [0.2, 0.25) is 0 Å². The van der Waals surface area contributed by atoms with E-state index in [-0.39, 0.29) is 17.9 Å². The van der Waals surface area contributed by atoms with Crippen molar-refractivity contribution in [2.45, 2.75) is 32.2 Å². The van der Waals surface area contributed by atoms with Gasteiger partial charge in [0.15, 0.2) is 0 Å². The largest absolute Gasteiger partial charge is 0.481 e. The molecule has 0 radical (unpaired) electrons. The van der Waals surface area contributed by atoms with Crippen molar-refractivity contribution in [1.29, 1.82) is 0 Å². The van der Waals surface area contributed by atoms with Crippen molar-refractivity contribution in [3.8, 4) is 0 Å². The van der Waals surface area contributed by atoms with Crippen LogP contribution in [0.4, 0.5) is 0 Å². The standard InChI is InChI=1S/C12H18N2O3/c1-7(9-5-13-6-9)11(15)14-10-3-2-8(4-10)12(16)17/h8,10,13H,2-6H2,1H3,(H,14,15)(H,16,17). The van der Waals surface area contributed by atoms with Gasteiger partial charge in [0, 0.05) is 24.7 Å². The molecule has 1 saturated carbocycles. The second kappa shape index (κ2) is 4.87. The smallest absolute Gasteiger partial charge is 0.306 e. The highest BCUT2D eigenvalue weighted by Gasteiger charge is 2.31. The van der Waals surface area contributed by atoms with E-state index in [2.05, 4.69) is 10.6 Å². The Bertz CT molecular complexity index is 370. The normalized spacial score (nSPS) is 27.5. The summed E-state index contributed by atoms with van der Waals surface area (Å²) >= 11 is 0. The maximum Gasteiger partial charge on any atom is 0.306 e. The van der Waals surface area contributed by atoms with Gasteiger partial charge in [-0.3, -0.25) is 9.59 Å². The zero-order valence-corrected chi connectivity index (χ0v) is 9.95. The van der Waals surface area contributed by atoms with Crippen molar-refractivity contribution in [3.05, 3.63) is 11.1 Å². The molecule has 0 aromatic heterocycles. The van der Waals surface area contributed by atoms with Crippen LogP contribution in [0.15, 0.2) is 11.1 Å². The predicted molar refractivity (Wildman–Crippen MR) is 62.5 cm³/mol. The Kier molecular flexibility index (Phi) is 3.47. The van der Waals surface area contributed by atoms with E-state index in [9.17, 15) is 9.59 Å². The summed E-state index contributed by atoms with van der Waals surface area (Å²) < 4.78 is 0. The molecule has 1 aliphatic heterocycles. The van der Waals surface area contributed by atoms with E-state index in [0.29, 0.717) is 12.8 Å². The van der Waals surface area contributed by atoms with Crippen LogP contribution in [-0.4, -0.2) is 36.1 Å². The van der Waals surface area contributed by atoms with Gasteiger partial charge in [0.05, 0.1) is 5.92 Å². The minimum absolute atomic E-state index is 0.0205. The topological polar surface area (TPSA) is 78.4 Å². The molecule has 2 rings (SSSR count). The maximum atomic E-state index is 11.9. The molecule has 1 heterocycles. The van der Waals surface area contributed by atoms with Crippen LogP contribution >= 0.6 is 0 Å². The Balaban J connectivity index is 1.86. The molecule has 3 N–H and O–H groups in total. The fourth-order valence-corrected chi connectivity index (χ4v) is 2.31. The Morgan fingerprint density at radius 2 is 2.06 bits per heavy atom. The van der Waals surface area contributed by atoms with Gasteiger partial charge in [-0.2, -0.15) is 0 Å². The van der Waals surface area contributed by atoms with Gasteiger partial charge in [0.1, 0.15) is 0 Å². The van der Waals surface area contributed by atoms with Crippen LogP contribution in [0, 0.1) is 5.92 Å². The summed E-state index contributed by atoms with van der Waals surface area (Å²) in [6.07, 6.45) is 1.99. The average Bonchev–Trinajstić information content (AvgIpc) is 2.63.